The summed E-state index contributed by atoms with van der Waals surface area (Å²) in [6.45, 7) is 2.14. The molecule has 0 amide bonds. The van der Waals surface area contributed by atoms with Crippen LogP contribution in [0.4, 0.5) is 0 Å². The van der Waals surface area contributed by atoms with Gasteiger partial charge in [-0.25, -0.2) is 0 Å². The predicted molar refractivity (Wildman–Crippen MR) is 49.2 cm³/mol. The highest BCUT2D eigenvalue weighted by Gasteiger charge is 2.51. The molecule has 0 aromatic heterocycles. The lowest BCUT2D eigenvalue weighted by Gasteiger charge is -2.52. The zero-order valence-electron chi connectivity index (χ0n) is 7.99. The van der Waals surface area contributed by atoms with Gasteiger partial charge in [0, 0.05) is 6.04 Å². The summed E-state index contributed by atoms with van der Waals surface area (Å²) < 4.78 is 0. The van der Waals surface area contributed by atoms with Crippen LogP contribution in [0.15, 0.2) is 0 Å². The van der Waals surface area contributed by atoms with E-state index in [0.717, 1.165) is 25.7 Å². The van der Waals surface area contributed by atoms with Gasteiger partial charge in [-0.1, -0.05) is 6.92 Å². The molecular formula is C10H17NO2. The van der Waals surface area contributed by atoms with Gasteiger partial charge in [0.25, 0.3) is 0 Å². The van der Waals surface area contributed by atoms with Crippen molar-refractivity contribution in [1.82, 2.24) is 0 Å². The Kier molecular flexibility index (Phi) is 1.88. The lowest BCUT2D eigenvalue weighted by molar-refractivity contribution is -0.152. The minimum atomic E-state index is -0.692. The molecule has 3 aliphatic carbocycles. The third-order valence-electron chi connectivity index (χ3n) is 4.16. The van der Waals surface area contributed by atoms with E-state index < -0.39 is 5.97 Å². The second-order valence-corrected chi connectivity index (χ2v) is 4.88. The van der Waals surface area contributed by atoms with Crippen LogP contribution < -0.4 is 5.73 Å². The molecule has 0 aliphatic heterocycles. The van der Waals surface area contributed by atoms with Crippen molar-refractivity contribution in [3.8, 4) is 0 Å². The largest absolute Gasteiger partial charge is 0.481 e. The molecule has 3 nitrogen and oxygen atoms in total. The molecular weight excluding hydrogens is 166 g/mol. The molecule has 2 unspecified atom stereocenters. The summed E-state index contributed by atoms with van der Waals surface area (Å²) in [6.07, 6.45) is 4.34. The molecule has 0 heterocycles. The van der Waals surface area contributed by atoms with Crippen LogP contribution in [0.1, 0.15) is 32.6 Å². The highest BCUT2D eigenvalue weighted by Crippen LogP contribution is 2.51. The molecule has 0 aromatic carbocycles. The van der Waals surface area contributed by atoms with E-state index in [4.69, 9.17) is 10.8 Å². The van der Waals surface area contributed by atoms with Gasteiger partial charge in [0.15, 0.2) is 0 Å². The Labute approximate surface area is 78.3 Å². The Morgan fingerprint density at radius 3 is 2.38 bits per heavy atom. The summed E-state index contributed by atoms with van der Waals surface area (Å²) in [6, 6.07) is -0.127. The Morgan fingerprint density at radius 2 is 2.00 bits per heavy atom. The molecule has 74 valence electrons. The maximum absolute atomic E-state index is 11.0. The fourth-order valence-corrected chi connectivity index (χ4v) is 3.07. The van der Waals surface area contributed by atoms with Gasteiger partial charge in [0.1, 0.15) is 0 Å². The molecule has 13 heavy (non-hydrogen) atoms. The first-order valence-corrected chi connectivity index (χ1v) is 5.03. The summed E-state index contributed by atoms with van der Waals surface area (Å²) >= 11 is 0. The van der Waals surface area contributed by atoms with Gasteiger partial charge < -0.3 is 10.8 Å². The van der Waals surface area contributed by atoms with Crippen LogP contribution in [-0.4, -0.2) is 17.1 Å². The molecule has 3 saturated carbocycles. The molecule has 2 bridgehead atoms. The third-order valence-corrected chi connectivity index (χ3v) is 4.16. The molecule has 3 N–H and O–H groups in total. The summed E-state index contributed by atoms with van der Waals surface area (Å²) in [4.78, 5) is 11.0. The number of rotatable bonds is 1. The summed E-state index contributed by atoms with van der Waals surface area (Å²) in [5.74, 6) is -0.634. The van der Waals surface area contributed by atoms with Gasteiger partial charge in [-0.3, -0.25) is 4.79 Å². The van der Waals surface area contributed by atoms with Crippen molar-refractivity contribution in [1.29, 1.82) is 0 Å². The van der Waals surface area contributed by atoms with Gasteiger partial charge in [0.05, 0.1) is 5.92 Å². The number of aliphatic carboxylic acids is 1. The minimum Gasteiger partial charge on any atom is -0.481 e. The molecule has 0 saturated heterocycles. The van der Waals surface area contributed by atoms with Crippen molar-refractivity contribution >= 4 is 5.97 Å². The monoisotopic (exact) mass is 183 g/mol. The zero-order chi connectivity index (χ0) is 9.64. The fraction of sp³-hybridized carbons (Fsp3) is 0.900. The maximum Gasteiger partial charge on any atom is 0.308 e. The van der Waals surface area contributed by atoms with E-state index in [2.05, 4.69) is 6.92 Å². The molecule has 3 rings (SSSR count). The molecule has 3 fully saturated rings. The van der Waals surface area contributed by atoms with Gasteiger partial charge >= 0.3 is 5.97 Å². The van der Waals surface area contributed by atoms with Crippen LogP contribution in [0.3, 0.4) is 0 Å². The van der Waals surface area contributed by atoms with Crippen LogP contribution in [0, 0.1) is 17.3 Å². The number of nitrogens with two attached hydrogens (primary N) is 1. The van der Waals surface area contributed by atoms with Crippen LogP contribution in [0.2, 0.25) is 0 Å². The number of carboxylic acid groups (broad SMARTS) is 1. The lowest BCUT2D eigenvalue weighted by atomic mass is 9.54. The van der Waals surface area contributed by atoms with Crippen LogP contribution in [0.25, 0.3) is 0 Å². The van der Waals surface area contributed by atoms with Crippen LogP contribution >= 0.6 is 0 Å². The third kappa shape index (κ3) is 1.17. The SMILES string of the molecule is CC12CCC(CC1)C(C(=O)O)C2N. The highest BCUT2D eigenvalue weighted by atomic mass is 16.4. The van der Waals surface area contributed by atoms with Crippen molar-refractivity contribution < 1.29 is 9.90 Å². The molecule has 0 spiro atoms. The average Bonchev–Trinajstić information content (AvgIpc) is 2.07. The van der Waals surface area contributed by atoms with Crippen molar-refractivity contribution in [3.05, 3.63) is 0 Å². The van der Waals surface area contributed by atoms with Crippen LogP contribution in [0.5, 0.6) is 0 Å². The van der Waals surface area contributed by atoms with E-state index in [0.29, 0.717) is 5.92 Å². The van der Waals surface area contributed by atoms with E-state index in [9.17, 15) is 4.79 Å². The first-order chi connectivity index (χ1) is 6.04. The average molecular weight is 183 g/mol. The van der Waals surface area contributed by atoms with Crippen molar-refractivity contribution in [2.45, 2.75) is 38.6 Å². The van der Waals surface area contributed by atoms with Gasteiger partial charge in [0.2, 0.25) is 0 Å². The standard InChI is InChI=1S/C10H17NO2/c1-10-4-2-6(3-5-10)7(8(10)11)9(12)13/h6-8H,2-5,11H2,1H3,(H,12,13). The van der Waals surface area contributed by atoms with Crippen molar-refractivity contribution in [3.63, 3.8) is 0 Å². The summed E-state index contributed by atoms with van der Waals surface area (Å²) in [7, 11) is 0. The van der Waals surface area contributed by atoms with E-state index in [1.54, 1.807) is 0 Å². The molecule has 0 radical (unpaired) electrons. The number of hydrogen-bond donors (Lipinski definition) is 2. The molecule has 0 aromatic rings. The Hall–Kier alpha value is -0.570. The minimum absolute atomic E-state index is 0.0950. The lowest BCUT2D eigenvalue weighted by Crippen LogP contribution is -2.57. The highest BCUT2D eigenvalue weighted by molar-refractivity contribution is 5.72. The van der Waals surface area contributed by atoms with Gasteiger partial charge in [-0.05, 0) is 37.0 Å². The Bertz CT molecular complexity index is 231. The first kappa shape index (κ1) is 9.00. The quantitative estimate of drug-likeness (QED) is 0.642. The molecule has 3 heteroatoms. The Morgan fingerprint density at radius 1 is 1.46 bits per heavy atom. The first-order valence-electron chi connectivity index (χ1n) is 5.03. The van der Waals surface area contributed by atoms with Gasteiger partial charge in [-0.2, -0.15) is 0 Å². The van der Waals surface area contributed by atoms with E-state index >= 15 is 0 Å². The second-order valence-electron chi connectivity index (χ2n) is 4.88. The van der Waals surface area contributed by atoms with E-state index in [-0.39, 0.29) is 17.4 Å². The fourth-order valence-electron chi connectivity index (χ4n) is 3.07. The smallest absolute Gasteiger partial charge is 0.308 e. The van der Waals surface area contributed by atoms with Crippen molar-refractivity contribution in [2.24, 2.45) is 23.0 Å². The Balaban J connectivity index is 2.26. The second kappa shape index (κ2) is 2.71. The zero-order valence-corrected chi connectivity index (χ0v) is 7.99. The summed E-state index contributed by atoms with van der Waals surface area (Å²) in [5, 5.41) is 9.07. The number of hydrogen-bond acceptors (Lipinski definition) is 2. The number of carboxylic acids is 1. The predicted octanol–water partition coefficient (Wildman–Crippen LogP) is 1.22. The molecule has 2 atom stereocenters. The maximum atomic E-state index is 11.0. The normalized spacial score (nSPS) is 49.2. The molecule has 3 aliphatic rings. The van der Waals surface area contributed by atoms with E-state index in [1.807, 2.05) is 0 Å². The van der Waals surface area contributed by atoms with Crippen molar-refractivity contribution in [2.75, 3.05) is 0 Å². The number of carbonyl (C=O) groups is 1. The topological polar surface area (TPSA) is 63.3 Å². The van der Waals surface area contributed by atoms with E-state index in [1.165, 1.54) is 0 Å². The number of fused-ring (bicyclic) bond motifs is 3. The van der Waals surface area contributed by atoms with Gasteiger partial charge in [-0.15, -0.1) is 0 Å². The van der Waals surface area contributed by atoms with Crippen LogP contribution in [-0.2, 0) is 4.79 Å². The summed E-state index contributed by atoms with van der Waals surface area (Å²) in [5.41, 5.74) is 6.11.